The lowest BCUT2D eigenvalue weighted by Crippen LogP contribution is -2.51. The quantitative estimate of drug-likeness (QED) is 0.736. The minimum atomic E-state index is 0.0963. The molecule has 0 radical (unpaired) electrons. The van der Waals surface area contributed by atoms with Crippen molar-refractivity contribution in [2.75, 3.05) is 19.6 Å². The summed E-state index contributed by atoms with van der Waals surface area (Å²) >= 11 is 0. The predicted octanol–water partition coefficient (Wildman–Crippen LogP) is 0.162. The van der Waals surface area contributed by atoms with Crippen LogP contribution >= 0.6 is 0 Å². The van der Waals surface area contributed by atoms with E-state index in [2.05, 4.69) is 17.3 Å². The monoisotopic (exact) mass is 222 g/mol. The Morgan fingerprint density at radius 2 is 2.38 bits per heavy atom. The number of hydrogen-bond donors (Lipinski definition) is 1. The molecule has 1 amide bonds. The standard InChI is InChI=1S/C11H18N4O/c1-8-7-15(5-4-12-8)11(16)10-6-13-14(3)9(10)2/h6,8,12H,4-5,7H2,1-3H3/t8-/m1/s1. The molecule has 0 unspecified atom stereocenters. The average molecular weight is 222 g/mol. The van der Waals surface area contributed by atoms with Gasteiger partial charge in [0.15, 0.2) is 0 Å². The van der Waals surface area contributed by atoms with E-state index in [1.54, 1.807) is 10.9 Å². The zero-order valence-electron chi connectivity index (χ0n) is 10.0. The Balaban J connectivity index is 2.15. The second-order valence-corrected chi connectivity index (χ2v) is 4.37. The van der Waals surface area contributed by atoms with Crippen molar-refractivity contribution in [2.24, 2.45) is 7.05 Å². The van der Waals surface area contributed by atoms with Gasteiger partial charge in [-0.25, -0.2) is 0 Å². The topological polar surface area (TPSA) is 50.2 Å². The second kappa shape index (κ2) is 4.25. The van der Waals surface area contributed by atoms with Gasteiger partial charge < -0.3 is 10.2 Å². The van der Waals surface area contributed by atoms with Gasteiger partial charge >= 0.3 is 0 Å². The first kappa shape index (κ1) is 11.1. The summed E-state index contributed by atoms with van der Waals surface area (Å²) in [6.07, 6.45) is 1.66. The fourth-order valence-corrected chi connectivity index (χ4v) is 2.00. The number of nitrogens with one attached hydrogen (secondary N) is 1. The third-order valence-electron chi connectivity index (χ3n) is 3.12. The van der Waals surface area contributed by atoms with Crippen molar-refractivity contribution in [1.82, 2.24) is 20.0 Å². The van der Waals surface area contributed by atoms with Crippen molar-refractivity contribution >= 4 is 5.91 Å². The molecule has 1 aliphatic rings. The molecule has 0 aromatic carbocycles. The van der Waals surface area contributed by atoms with E-state index in [1.165, 1.54) is 0 Å². The largest absolute Gasteiger partial charge is 0.336 e. The molecule has 16 heavy (non-hydrogen) atoms. The molecule has 1 fully saturated rings. The zero-order valence-corrected chi connectivity index (χ0v) is 10.0. The number of carbonyl (C=O) groups excluding carboxylic acids is 1. The van der Waals surface area contributed by atoms with E-state index in [0.29, 0.717) is 6.04 Å². The summed E-state index contributed by atoms with van der Waals surface area (Å²) in [5, 5.41) is 7.43. The number of aryl methyl sites for hydroxylation is 1. The first-order valence-electron chi connectivity index (χ1n) is 5.61. The molecule has 5 heteroatoms. The molecule has 0 spiro atoms. The van der Waals surface area contributed by atoms with Crippen molar-refractivity contribution in [2.45, 2.75) is 19.9 Å². The maximum Gasteiger partial charge on any atom is 0.257 e. The third kappa shape index (κ3) is 1.95. The first-order chi connectivity index (χ1) is 7.59. The molecule has 1 N–H and O–H groups in total. The highest BCUT2D eigenvalue weighted by molar-refractivity contribution is 5.95. The molecular formula is C11H18N4O. The lowest BCUT2D eigenvalue weighted by molar-refractivity contribution is 0.0708. The zero-order chi connectivity index (χ0) is 11.7. The number of rotatable bonds is 1. The minimum Gasteiger partial charge on any atom is -0.336 e. The number of nitrogens with zero attached hydrogens (tertiary/aromatic N) is 3. The van der Waals surface area contributed by atoms with E-state index >= 15 is 0 Å². The molecule has 0 saturated carbocycles. The van der Waals surface area contributed by atoms with Crippen molar-refractivity contribution in [3.8, 4) is 0 Å². The molecule has 1 aliphatic heterocycles. The van der Waals surface area contributed by atoms with Gasteiger partial charge in [-0.2, -0.15) is 5.10 Å². The Labute approximate surface area is 95.4 Å². The van der Waals surface area contributed by atoms with Gasteiger partial charge in [0, 0.05) is 38.4 Å². The van der Waals surface area contributed by atoms with Crippen LogP contribution in [0, 0.1) is 6.92 Å². The summed E-state index contributed by atoms with van der Waals surface area (Å²) in [6, 6.07) is 0.370. The summed E-state index contributed by atoms with van der Waals surface area (Å²) in [7, 11) is 1.85. The van der Waals surface area contributed by atoms with Gasteiger partial charge in [0.05, 0.1) is 11.8 Å². The third-order valence-corrected chi connectivity index (χ3v) is 3.12. The van der Waals surface area contributed by atoms with E-state index in [9.17, 15) is 4.79 Å². The van der Waals surface area contributed by atoms with E-state index in [1.807, 2.05) is 18.9 Å². The maximum absolute atomic E-state index is 12.2. The van der Waals surface area contributed by atoms with E-state index < -0.39 is 0 Å². The number of piperazine rings is 1. The van der Waals surface area contributed by atoms with Gasteiger partial charge in [0.25, 0.3) is 5.91 Å². The van der Waals surface area contributed by atoms with Crippen LogP contribution in [0.15, 0.2) is 6.20 Å². The number of aromatic nitrogens is 2. The molecule has 1 atom stereocenters. The van der Waals surface area contributed by atoms with Gasteiger partial charge in [0.1, 0.15) is 0 Å². The van der Waals surface area contributed by atoms with Crippen LogP contribution in [-0.4, -0.2) is 46.3 Å². The molecule has 1 saturated heterocycles. The highest BCUT2D eigenvalue weighted by atomic mass is 16.2. The first-order valence-corrected chi connectivity index (χ1v) is 5.61. The molecule has 1 aromatic heterocycles. The second-order valence-electron chi connectivity index (χ2n) is 4.37. The Kier molecular flexibility index (Phi) is 2.96. The van der Waals surface area contributed by atoms with Crippen LogP contribution < -0.4 is 5.32 Å². The van der Waals surface area contributed by atoms with E-state index in [-0.39, 0.29) is 5.91 Å². The lowest BCUT2D eigenvalue weighted by atomic mass is 10.2. The average Bonchev–Trinajstić information content (AvgIpc) is 2.59. The van der Waals surface area contributed by atoms with Crippen LogP contribution in [0.4, 0.5) is 0 Å². The molecule has 5 nitrogen and oxygen atoms in total. The van der Waals surface area contributed by atoms with Crippen LogP contribution in [0.3, 0.4) is 0 Å². The van der Waals surface area contributed by atoms with Crippen LogP contribution in [0.2, 0.25) is 0 Å². The number of carbonyl (C=O) groups is 1. The maximum atomic E-state index is 12.2. The highest BCUT2D eigenvalue weighted by Crippen LogP contribution is 2.11. The summed E-state index contributed by atoms with van der Waals surface area (Å²) < 4.78 is 1.73. The summed E-state index contributed by atoms with van der Waals surface area (Å²) in [5.74, 6) is 0.0963. The number of hydrogen-bond acceptors (Lipinski definition) is 3. The van der Waals surface area contributed by atoms with Crippen LogP contribution in [0.25, 0.3) is 0 Å². The Morgan fingerprint density at radius 1 is 1.62 bits per heavy atom. The number of amides is 1. The molecule has 2 rings (SSSR count). The van der Waals surface area contributed by atoms with Crippen LogP contribution in [0.1, 0.15) is 23.0 Å². The van der Waals surface area contributed by atoms with Gasteiger partial charge in [-0.3, -0.25) is 9.48 Å². The van der Waals surface area contributed by atoms with Crippen LogP contribution in [0.5, 0.6) is 0 Å². The van der Waals surface area contributed by atoms with Crippen molar-refractivity contribution in [3.63, 3.8) is 0 Å². The Hall–Kier alpha value is -1.36. The van der Waals surface area contributed by atoms with Gasteiger partial charge in [-0.05, 0) is 13.8 Å². The van der Waals surface area contributed by atoms with Gasteiger partial charge in [-0.15, -0.1) is 0 Å². The van der Waals surface area contributed by atoms with E-state index in [0.717, 1.165) is 30.9 Å². The van der Waals surface area contributed by atoms with Crippen LogP contribution in [-0.2, 0) is 7.05 Å². The molecule has 88 valence electrons. The summed E-state index contributed by atoms with van der Waals surface area (Å²) in [4.78, 5) is 14.1. The predicted molar refractivity (Wildman–Crippen MR) is 61.3 cm³/mol. The molecular weight excluding hydrogens is 204 g/mol. The van der Waals surface area contributed by atoms with Crippen molar-refractivity contribution in [3.05, 3.63) is 17.5 Å². The molecule has 0 aliphatic carbocycles. The SMILES string of the molecule is Cc1c(C(=O)N2CCN[C@H](C)C2)cnn1C. The normalized spacial score (nSPS) is 21.2. The minimum absolute atomic E-state index is 0.0963. The smallest absolute Gasteiger partial charge is 0.257 e. The lowest BCUT2D eigenvalue weighted by Gasteiger charge is -2.31. The fourth-order valence-electron chi connectivity index (χ4n) is 2.00. The van der Waals surface area contributed by atoms with Crippen molar-refractivity contribution < 1.29 is 4.79 Å². The van der Waals surface area contributed by atoms with Gasteiger partial charge in [0.2, 0.25) is 0 Å². The molecule has 0 bridgehead atoms. The van der Waals surface area contributed by atoms with E-state index in [4.69, 9.17) is 0 Å². The van der Waals surface area contributed by atoms with Gasteiger partial charge in [-0.1, -0.05) is 0 Å². The summed E-state index contributed by atoms with van der Waals surface area (Å²) in [5.41, 5.74) is 1.65. The fraction of sp³-hybridized carbons (Fsp3) is 0.636. The Morgan fingerprint density at radius 3 is 2.94 bits per heavy atom. The molecule has 2 heterocycles. The van der Waals surface area contributed by atoms with Crippen molar-refractivity contribution in [1.29, 1.82) is 0 Å². The highest BCUT2D eigenvalue weighted by Gasteiger charge is 2.23. The molecule has 1 aromatic rings. The summed E-state index contributed by atoms with van der Waals surface area (Å²) in [6.45, 7) is 6.43. The Bertz CT molecular complexity index is 399.